The molecule has 0 saturated carbocycles. The Morgan fingerprint density at radius 2 is 1.43 bits per heavy atom. The minimum Gasteiger partial charge on any atom is -0.496 e. The van der Waals surface area contributed by atoms with E-state index < -0.39 is 33.7 Å². The molecule has 1 atom stereocenters. The number of carbonyl (C=O) groups is 2. The van der Waals surface area contributed by atoms with Gasteiger partial charge in [-0.1, -0.05) is 30.3 Å². The van der Waals surface area contributed by atoms with Crippen LogP contribution in [0.25, 0.3) is 0 Å². The minimum atomic E-state index is -1.09. The smallest absolute Gasteiger partial charge is 0.271 e. The Bertz CT molecular complexity index is 1600. The molecule has 0 bridgehead atoms. The molecule has 1 saturated heterocycles. The molecule has 15 heteroatoms. The van der Waals surface area contributed by atoms with E-state index in [1.807, 2.05) is 0 Å². The largest absolute Gasteiger partial charge is 0.496 e. The molecule has 40 heavy (non-hydrogen) atoms. The van der Waals surface area contributed by atoms with Crippen molar-refractivity contribution in [2.24, 2.45) is 10.2 Å². The van der Waals surface area contributed by atoms with Crippen molar-refractivity contribution in [3.63, 3.8) is 0 Å². The summed E-state index contributed by atoms with van der Waals surface area (Å²) in [5, 5.41) is 38.4. The number of benzene rings is 3. The zero-order chi connectivity index (χ0) is 28.8. The van der Waals surface area contributed by atoms with Gasteiger partial charge in [-0.25, -0.2) is 10.9 Å². The number of methoxy groups -OCH3 is 1. The van der Waals surface area contributed by atoms with Crippen molar-refractivity contribution in [1.29, 1.82) is 5.41 Å². The summed E-state index contributed by atoms with van der Waals surface area (Å²) < 4.78 is 11.0. The molecule has 3 aromatic carbocycles. The van der Waals surface area contributed by atoms with Gasteiger partial charge in [0.15, 0.2) is 11.8 Å². The average Bonchev–Trinajstić information content (AvgIpc) is 3.28. The highest BCUT2D eigenvalue weighted by Gasteiger charge is 2.39. The van der Waals surface area contributed by atoms with E-state index in [9.17, 15) is 29.8 Å². The number of ether oxygens (including phenoxy) is 2. The normalized spacial score (nSPS) is 16.3. The van der Waals surface area contributed by atoms with Gasteiger partial charge in [-0.2, -0.15) is 10.2 Å². The minimum absolute atomic E-state index is 0.0566. The van der Waals surface area contributed by atoms with Gasteiger partial charge >= 0.3 is 0 Å². The summed E-state index contributed by atoms with van der Waals surface area (Å²) in [4.78, 5) is 46.2. The highest BCUT2D eigenvalue weighted by Crippen LogP contribution is 2.33. The quantitative estimate of drug-likeness (QED) is 0.282. The molecule has 1 fully saturated rings. The molecule has 0 spiro atoms. The lowest BCUT2D eigenvalue weighted by molar-refractivity contribution is -0.385. The van der Waals surface area contributed by atoms with Crippen LogP contribution in [0, 0.1) is 25.6 Å². The molecular weight excluding hydrogens is 526 g/mol. The maximum atomic E-state index is 12.7. The Hall–Kier alpha value is -5.99. The SMILES string of the molecule is COc1ccccc1[C@H]1OC(=N)C(=N/NC(=O)c2cccc([N+](=O)[O-])c2)/C1=N/NC(=O)c1cccc([N+](=O)[O-])c1. The predicted octanol–water partition coefficient (Wildman–Crippen LogP) is 3.13. The number of amides is 2. The fourth-order valence-corrected chi connectivity index (χ4v) is 3.65. The molecule has 2 amide bonds. The zero-order valence-corrected chi connectivity index (χ0v) is 20.6. The van der Waals surface area contributed by atoms with Crippen molar-refractivity contribution < 1.29 is 28.9 Å². The van der Waals surface area contributed by atoms with Crippen LogP contribution >= 0.6 is 0 Å². The second kappa shape index (κ2) is 11.6. The van der Waals surface area contributed by atoms with E-state index in [1.165, 1.54) is 43.5 Å². The number of hydrogen-bond acceptors (Lipinski definition) is 11. The summed E-state index contributed by atoms with van der Waals surface area (Å²) >= 11 is 0. The molecule has 202 valence electrons. The van der Waals surface area contributed by atoms with Crippen molar-refractivity contribution in [1.82, 2.24) is 10.9 Å². The van der Waals surface area contributed by atoms with Crippen molar-refractivity contribution in [2.45, 2.75) is 6.10 Å². The van der Waals surface area contributed by atoms with Crippen molar-refractivity contribution in [2.75, 3.05) is 7.11 Å². The summed E-state index contributed by atoms with van der Waals surface area (Å²) in [6.45, 7) is 0. The first-order valence-electron chi connectivity index (χ1n) is 11.3. The maximum absolute atomic E-state index is 12.7. The third-order valence-electron chi connectivity index (χ3n) is 5.55. The molecular formula is C25H19N7O8. The maximum Gasteiger partial charge on any atom is 0.271 e. The van der Waals surface area contributed by atoms with Crippen LogP contribution in [-0.2, 0) is 4.74 Å². The van der Waals surface area contributed by atoms with Gasteiger partial charge in [0.2, 0.25) is 5.90 Å². The Balaban J connectivity index is 1.68. The molecule has 0 aliphatic carbocycles. The van der Waals surface area contributed by atoms with Crippen LogP contribution in [0.5, 0.6) is 5.75 Å². The topological polar surface area (TPSA) is 212 Å². The summed E-state index contributed by atoms with van der Waals surface area (Å²) in [6, 6.07) is 16.6. The van der Waals surface area contributed by atoms with Crippen LogP contribution in [0.2, 0.25) is 0 Å². The Kier molecular flexibility index (Phi) is 7.84. The lowest BCUT2D eigenvalue weighted by Gasteiger charge is -2.14. The number of para-hydroxylation sites is 1. The number of nitrogens with zero attached hydrogens (tertiary/aromatic N) is 4. The third kappa shape index (κ3) is 5.77. The number of non-ortho nitro benzene ring substituents is 2. The summed E-state index contributed by atoms with van der Waals surface area (Å²) in [7, 11) is 1.42. The second-order valence-corrected chi connectivity index (χ2v) is 8.02. The molecule has 15 nitrogen and oxygen atoms in total. The van der Waals surface area contributed by atoms with Gasteiger partial charge in [-0.15, -0.1) is 0 Å². The molecule has 1 heterocycles. The molecule has 0 aromatic heterocycles. The van der Waals surface area contributed by atoms with E-state index in [2.05, 4.69) is 21.1 Å². The second-order valence-electron chi connectivity index (χ2n) is 8.02. The van der Waals surface area contributed by atoms with Crippen LogP contribution < -0.4 is 15.6 Å². The number of carbonyl (C=O) groups excluding carboxylic acids is 2. The molecule has 3 aromatic rings. The summed E-state index contributed by atoms with van der Waals surface area (Å²) in [6.07, 6.45) is -1.09. The molecule has 3 N–H and O–H groups in total. The fraction of sp³-hybridized carbons (Fsp3) is 0.0800. The van der Waals surface area contributed by atoms with Gasteiger partial charge in [0.25, 0.3) is 23.2 Å². The van der Waals surface area contributed by atoms with Gasteiger partial charge in [-0.05, 0) is 18.2 Å². The van der Waals surface area contributed by atoms with Gasteiger partial charge < -0.3 is 9.47 Å². The number of rotatable bonds is 8. The highest BCUT2D eigenvalue weighted by molar-refractivity contribution is 6.69. The van der Waals surface area contributed by atoms with E-state index in [0.29, 0.717) is 11.3 Å². The standard InChI is InChI=1S/C25H19N7O8/c1-39-19-11-3-2-10-18(19)22-20(27-29-24(33)14-6-4-8-16(12-14)31(35)36)21(23(26)40-22)28-30-25(34)15-7-5-9-17(13-15)32(37)38/h2-13,22,26H,1H3,(H,29,33)(H,30,34)/b26-23?,27-20-,28-21+/t22-/m1/s1. The van der Waals surface area contributed by atoms with E-state index in [0.717, 1.165) is 12.1 Å². The summed E-state index contributed by atoms with van der Waals surface area (Å²) in [5.41, 5.74) is 3.84. The number of nitro groups is 2. The Morgan fingerprint density at radius 3 is 1.98 bits per heavy atom. The van der Waals surface area contributed by atoms with Gasteiger partial charge in [0, 0.05) is 41.0 Å². The number of hydrazone groups is 2. The van der Waals surface area contributed by atoms with Gasteiger partial charge in [-0.3, -0.25) is 35.2 Å². The Labute approximate surface area is 224 Å². The average molecular weight is 545 g/mol. The van der Waals surface area contributed by atoms with Crippen LogP contribution in [0.15, 0.2) is 83.0 Å². The molecule has 1 aliphatic rings. The molecule has 0 radical (unpaired) electrons. The van der Waals surface area contributed by atoms with E-state index >= 15 is 0 Å². The number of nitro benzene ring substituents is 2. The first-order chi connectivity index (χ1) is 19.2. The van der Waals surface area contributed by atoms with Crippen molar-refractivity contribution >= 4 is 40.5 Å². The van der Waals surface area contributed by atoms with E-state index in [-0.39, 0.29) is 33.9 Å². The van der Waals surface area contributed by atoms with Crippen molar-refractivity contribution in [3.05, 3.63) is 110 Å². The number of nitrogens with one attached hydrogen (secondary N) is 3. The van der Waals surface area contributed by atoms with E-state index in [4.69, 9.17) is 14.9 Å². The van der Waals surface area contributed by atoms with Gasteiger partial charge in [0.05, 0.1) is 17.0 Å². The molecule has 4 rings (SSSR count). The summed E-state index contributed by atoms with van der Waals surface area (Å²) in [5.74, 6) is -1.74. The number of hydrogen-bond donors (Lipinski definition) is 3. The van der Waals surface area contributed by atoms with E-state index in [1.54, 1.807) is 24.3 Å². The van der Waals surface area contributed by atoms with Crippen LogP contribution in [-0.4, -0.2) is 46.1 Å². The monoisotopic (exact) mass is 545 g/mol. The lowest BCUT2D eigenvalue weighted by Crippen LogP contribution is -2.28. The van der Waals surface area contributed by atoms with Crippen LogP contribution in [0.1, 0.15) is 32.4 Å². The molecule has 0 unspecified atom stereocenters. The predicted molar refractivity (Wildman–Crippen MR) is 141 cm³/mol. The van der Waals surface area contributed by atoms with Crippen LogP contribution in [0.3, 0.4) is 0 Å². The van der Waals surface area contributed by atoms with Crippen LogP contribution in [0.4, 0.5) is 11.4 Å². The molecule has 1 aliphatic heterocycles. The zero-order valence-electron chi connectivity index (χ0n) is 20.6. The van der Waals surface area contributed by atoms with Gasteiger partial charge in [0.1, 0.15) is 11.5 Å². The third-order valence-corrected chi connectivity index (χ3v) is 5.55. The first-order valence-corrected chi connectivity index (χ1v) is 11.3. The Morgan fingerprint density at radius 1 is 0.875 bits per heavy atom. The fourth-order valence-electron chi connectivity index (χ4n) is 3.65. The first kappa shape index (κ1) is 27.1. The highest BCUT2D eigenvalue weighted by atomic mass is 16.6. The lowest BCUT2D eigenvalue weighted by atomic mass is 10.0. The van der Waals surface area contributed by atoms with Crippen molar-refractivity contribution in [3.8, 4) is 5.75 Å².